The number of hydrogen-bond acceptors (Lipinski definition) is 4. The van der Waals surface area contributed by atoms with Gasteiger partial charge in [0.15, 0.2) is 5.90 Å². The minimum atomic E-state index is -4.55. The highest BCUT2D eigenvalue weighted by Crippen LogP contribution is 2.41. The van der Waals surface area contributed by atoms with E-state index in [1.54, 1.807) is 24.3 Å². The Morgan fingerprint density at radius 3 is 1.58 bits per heavy atom. The number of benzene rings is 5. The average molecular weight is 654 g/mol. The van der Waals surface area contributed by atoms with E-state index in [1.807, 2.05) is 60.7 Å². The van der Waals surface area contributed by atoms with Crippen molar-refractivity contribution < 1.29 is 31.1 Å². The summed E-state index contributed by atoms with van der Waals surface area (Å²) < 4.78 is 86.4. The van der Waals surface area contributed by atoms with Crippen LogP contribution in [0.5, 0.6) is 5.75 Å². The van der Waals surface area contributed by atoms with Crippen molar-refractivity contribution >= 4 is 35.1 Å². The van der Waals surface area contributed by atoms with Crippen LogP contribution < -0.4 is 4.74 Å². The fourth-order valence-electron chi connectivity index (χ4n) is 4.28. The standard InChI is InChI=1S/C35H25F6NOS2/c36-34(37,38)26-11-7-15-30(21-26)44-33(45-31-16-8-12-27(22-31)35(39,40)41)23-32(43-29-13-5-2-6-14-29)42-28-19-17-25(18-20-28)24-9-3-1-4-10-24/h1-22,33H,23H2. The normalized spacial score (nSPS) is 12.4. The number of aliphatic imine (C=N–C) groups is 1. The molecule has 10 heteroatoms. The third kappa shape index (κ3) is 9.42. The molecule has 5 aromatic rings. The van der Waals surface area contributed by atoms with Crippen molar-refractivity contribution in [2.45, 2.75) is 33.1 Å². The summed E-state index contributed by atoms with van der Waals surface area (Å²) in [4.78, 5) is 5.35. The maximum atomic E-state index is 13.5. The summed E-state index contributed by atoms with van der Waals surface area (Å²) in [6, 6.07) is 35.8. The molecule has 0 aromatic heterocycles. The highest BCUT2D eigenvalue weighted by atomic mass is 32.2. The van der Waals surface area contributed by atoms with Crippen LogP contribution in [-0.4, -0.2) is 10.5 Å². The molecule has 0 amide bonds. The van der Waals surface area contributed by atoms with Crippen LogP contribution in [0.2, 0.25) is 0 Å². The summed E-state index contributed by atoms with van der Waals surface area (Å²) in [5.41, 5.74) is 0.959. The van der Waals surface area contributed by atoms with E-state index in [-0.39, 0.29) is 12.3 Å². The van der Waals surface area contributed by atoms with Gasteiger partial charge in [-0.05, 0) is 71.8 Å². The van der Waals surface area contributed by atoms with Crippen LogP contribution in [0, 0.1) is 0 Å². The lowest BCUT2D eigenvalue weighted by Crippen LogP contribution is -2.15. The zero-order valence-corrected chi connectivity index (χ0v) is 25.1. The number of rotatable bonds is 9. The Balaban J connectivity index is 1.49. The summed E-state index contributed by atoms with van der Waals surface area (Å²) in [5, 5.41) is 0. The molecule has 0 bridgehead atoms. The zero-order chi connectivity index (χ0) is 31.9. The molecule has 0 aliphatic carbocycles. The Morgan fingerprint density at radius 1 is 0.578 bits per heavy atom. The molecule has 5 rings (SSSR count). The molecule has 0 aliphatic heterocycles. The van der Waals surface area contributed by atoms with Gasteiger partial charge in [0.05, 0.1) is 21.4 Å². The zero-order valence-electron chi connectivity index (χ0n) is 23.4. The second-order valence-electron chi connectivity index (χ2n) is 9.75. The Hall–Kier alpha value is -4.15. The summed E-state index contributed by atoms with van der Waals surface area (Å²) in [6.07, 6.45) is -9.01. The first-order valence-electron chi connectivity index (χ1n) is 13.7. The Morgan fingerprint density at radius 2 is 1.07 bits per heavy atom. The lowest BCUT2D eigenvalue weighted by Gasteiger charge is -2.19. The number of para-hydroxylation sites is 1. The van der Waals surface area contributed by atoms with Crippen LogP contribution >= 0.6 is 23.5 Å². The van der Waals surface area contributed by atoms with Gasteiger partial charge in [0.1, 0.15) is 5.75 Å². The van der Waals surface area contributed by atoms with Gasteiger partial charge in [0.2, 0.25) is 0 Å². The predicted octanol–water partition coefficient (Wildman–Crippen LogP) is 11.8. The van der Waals surface area contributed by atoms with Gasteiger partial charge in [-0.15, -0.1) is 23.5 Å². The van der Waals surface area contributed by atoms with E-state index in [4.69, 9.17) is 9.73 Å². The predicted molar refractivity (Wildman–Crippen MR) is 169 cm³/mol. The number of alkyl halides is 6. The molecule has 0 heterocycles. The van der Waals surface area contributed by atoms with Gasteiger partial charge in [-0.3, -0.25) is 0 Å². The molecule has 0 N–H and O–H groups in total. The lowest BCUT2D eigenvalue weighted by molar-refractivity contribution is -0.138. The van der Waals surface area contributed by atoms with Crippen LogP contribution in [0.15, 0.2) is 148 Å². The first-order chi connectivity index (χ1) is 21.5. The lowest BCUT2D eigenvalue weighted by atomic mass is 10.1. The summed E-state index contributed by atoms with van der Waals surface area (Å²) in [6.45, 7) is 0. The van der Waals surface area contributed by atoms with Crippen molar-refractivity contribution in [2.24, 2.45) is 4.99 Å². The molecular formula is C35H25F6NOS2. The third-order valence-electron chi connectivity index (χ3n) is 6.41. The molecule has 0 aliphatic rings. The number of thioether (sulfide) groups is 2. The average Bonchev–Trinajstić information content (AvgIpc) is 3.02. The van der Waals surface area contributed by atoms with Crippen LogP contribution in [0.1, 0.15) is 17.5 Å². The van der Waals surface area contributed by atoms with Crippen molar-refractivity contribution in [1.29, 1.82) is 0 Å². The SMILES string of the molecule is FC(F)(F)c1cccc(SC(CC(=Nc2ccc(-c3ccccc3)cc2)Oc2ccccc2)Sc2cccc(C(F)(F)F)c2)c1. The number of nitrogens with zero attached hydrogens (tertiary/aromatic N) is 1. The van der Waals surface area contributed by atoms with Crippen molar-refractivity contribution in [2.75, 3.05) is 0 Å². The number of ether oxygens (including phenoxy) is 1. The quantitative estimate of drug-likeness (QED) is 0.0519. The first-order valence-corrected chi connectivity index (χ1v) is 15.4. The maximum absolute atomic E-state index is 13.5. The molecule has 0 unspecified atom stereocenters. The van der Waals surface area contributed by atoms with Crippen LogP contribution in [0.25, 0.3) is 11.1 Å². The van der Waals surface area contributed by atoms with Crippen LogP contribution in [0.4, 0.5) is 32.0 Å². The summed E-state index contributed by atoms with van der Waals surface area (Å²) >= 11 is 2.19. The van der Waals surface area contributed by atoms with Crippen molar-refractivity contribution in [3.05, 3.63) is 145 Å². The fourth-order valence-corrected chi connectivity index (χ4v) is 6.91. The molecular weight excluding hydrogens is 629 g/mol. The largest absolute Gasteiger partial charge is 0.443 e. The topological polar surface area (TPSA) is 21.6 Å². The van der Waals surface area contributed by atoms with E-state index in [1.165, 1.54) is 24.3 Å². The number of hydrogen-bond donors (Lipinski definition) is 0. The second-order valence-corrected chi connectivity index (χ2v) is 12.6. The molecule has 0 fully saturated rings. The van der Waals surface area contributed by atoms with Crippen molar-refractivity contribution in [3.8, 4) is 16.9 Å². The molecule has 45 heavy (non-hydrogen) atoms. The molecule has 0 spiro atoms. The Labute approximate surface area is 265 Å². The first kappa shape index (κ1) is 32.2. The highest BCUT2D eigenvalue weighted by molar-refractivity contribution is 8.17. The van der Waals surface area contributed by atoms with Crippen molar-refractivity contribution in [3.63, 3.8) is 0 Å². The van der Waals surface area contributed by atoms with E-state index in [9.17, 15) is 26.3 Å². The van der Waals surface area contributed by atoms with Crippen LogP contribution in [-0.2, 0) is 12.4 Å². The second kappa shape index (κ2) is 14.3. The van der Waals surface area contributed by atoms with Gasteiger partial charge in [-0.2, -0.15) is 26.3 Å². The van der Waals surface area contributed by atoms with Gasteiger partial charge in [-0.25, -0.2) is 4.99 Å². The molecule has 230 valence electrons. The third-order valence-corrected chi connectivity index (χ3v) is 8.89. The minimum absolute atomic E-state index is 0.0805. The van der Waals surface area contributed by atoms with Crippen molar-refractivity contribution in [1.82, 2.24) is 0 Å². The van der Waals surface area contributed by atoms with E-state index >= 15 is 0 Å². The van der Waals surface area contributed by atoms with Crippen LogP contribution in [0.3, 0.4) is 0 Å². The van der Waals surface area contributed by atoms with Gasteiger partial charge in [-0.1, -0.05) is 72.8 Å². The maximum Gasteiger partial charge on any atom is 0.416 e. The highest BCUT2D eigenvalue weighted by Gasteiger charge is 2.32. The fraction of sp³-hybridized carbons (Fsp3) is 0.114. The van der Waals surface area contributed by atoms with E-state index in [0.29, 0.717) is 21.2 Å². The Kier molecular flexibility index (Phi) is 10.2. The molecule has 0 atom stereocenters. The van der Waals surface area contributed by atoms with Gasteiger partial charge in [0, 0.05) is 16.2 Å². The van der Waals surface area contributed by atoms with Gasteiger partial charge in [0.25, 0.3) is 0 Å². The summed E-state index contributed by atoms with van der Waals surface area (Å²) in [5.74, 6) is 0.738. The molecule has 0 saturated heterocycles. The van der Waals surface area contributed by atoms with Gasteiger partial charge >= 0.3 is 12.4 Å². The van der Waals surface area contributed by atoms with E-state index in [0.717, 1.165) is 58.9 Å². The molecule has 0 saturated carbocycles. The van der Waals surface area contributed by atoms with E-state index < -0.39 is 28.1 Å². The number of halogens is 6. The molecule has 0 radical (unpaired) electrons. The van der Waals surface area contributed by atoms with Gasteiger partial charge < -0.3 is 4.74 Å². The summed E-state index contributed by atoms with van der Waals surface area (Å²) in [7, 11) is 0. The molecule has 5 aromatic carbocycles. The molecule has 2 nitrogen and oxygen atoms in total. The Bertz CT molecular complexity index is 1660. The smallest absolute Gasteiger partial charge is 0.416 e. The van der Waals surface area contributed by atoms with E-state index in [2.05, 4.69) is 0 Å². The minimum Gasteiger partial charge on any atom is -0.443 e. The monoisotopic (exact) mass is 653 g/mol.